The van der Waals surface area contributed by atoms with Crippen LogP contribution in [0.25, 0.3) is 0 Å². The molecular weight excluding hydrogens is 314 g/mol. The van der Waals surface area contributed by atoms with E-state index in [0.29, 0.717) is 0 Å². The average Bonchev–Trinajstić information content (AvgIpc) is 2.53. The molecular formula is C12H13N3O6S. The van der Waals surface area contributed by atoms with Crippen LogP contribution in [0.1, 0.15) is 13.3 Å². The monoisotopic (exact) mass is 327 g/mol. The molecule has 4 N–H and O–H groups in total. The van der Waals surface area contributed by atoms with Gasteiger partial charge in [-0.05, 0) is 25.1 Å². The average molecular weight is 327 g/mol. The summed E-state index contributed by atoms with van der Waals surface area (Å²) in [5, 5.41) is 13.6. The van der Waals surface area contributed by atoms with Crippen molar-refractivity contribution in [1.29, 1.82) is 0 Å². The fourth-order valence-corrected chi connectivity index (χ4v) is 3.01. The number of carbonyl (C=O) groups is 3. The van der Waals surface area contributed by atoms with Gasteiger partial charge in [0.25, 0.3) is 0 Å². The molecule has 1 aliphatic heterocycles. The zero-order valence-corrected chi connectivity index (χ0v) is 12.2. The minimum absolute atomic E-state index is 0.127. The summed E-state index contributed by atoms with van der Waals surface area (Å²) < 4.78 is 26.2. The second-order valence-electron chi connectivity index (χ2n) is 4.66. The van der Waals surface area contributed by atoms with Crippen LogP contribution >= 0.6 is 0 Å². The second-order valence-corrected chi connectivity index (χ2v) is 6.38. The molecule has 0 bridgehead atoms. The molecule has 0 spiro atoms. The van der Waals surface area contributed by atoms with E-state index < -0.39 is 33.8 Å². The van der Waals surface area contributed by atoms with Crippen molar-refractivity contribution in [3.63, 3.8) is 0 Å². The Kier molecular flexibility index (Phi) is 4.15. The highest BCUT2D eigenvalue weighted by atomic mass is 32.2. The zero-order valence-electron chi connectivity index (χ0n) is 11.4. The van der Waals surface area contributed by atoms with Gasteiger partial charge < -0.3 is 15.7 Å². The molecule has 0 aromatic heterocycles. The summed E-state index contributed by atoms with van der Waals surface area (Å²) in [6.45, 7) is 1.19. The number of benzene rings is 1. The van der Waals surface area contributed by atoms with E-state index in [1.165, 1.54) is 19.1 Å². The van der Waals surface area contributed by atoms with Gasteiger partial charge in [-0.3, -0.25) is 14.4 Å². The first-order chi connectivity index (χ1) is 10.2. The number of amides is 2. The topological polar surface area (TPSA) is 142 Å². The molecule has 2 rings (SSSR count). The second kappa shape index (κ2) is 5.73. The van der Waals surface area contributed by atoms with Crippen LogP contribution in [0.2, 0.25) is 0 Å². The van der Waals surface area contributed by atoms with Crippen molar-refractivity contribution in [1.82, 2.24) is 4.72 Å². The van der Waals surface area contributed by atoms with E-state index in [2.05, 4.69) is 10.6 Å². The molecule has 1 unspecified atom stereocenters. The van der Waals surface area contributed by atoms with Crippen molar-refractivity contribution in [3.05, 3.63) is 18.2 Å². The van der Waals surface area contributed by atoms with Crippen molar-refractivity contribution in [3.8, 4) is 0 Å². The fourth-order valence-electron chi connectivity index (χ4n) is 1.79. The Morgan fingerprint density at radius 2 is 1.82 bits per heavy atom. The summed E-state index contributed by atoms with van der Waals surface area (Å²) >= 11 is 0. The summed E-state index contributed by atoms with van der Waals surface area (Å²) in [5.41, 5.74) is 0.391. The molecule has 9 nitrogen and oxygen atoms in total. The Morgan fingerprint density at radius 3 is 2.41 bits per heavy atom. The van der Waals surface area contributed by atoms with Crippen LogP contribution in [-0.2, 0) is 24.4 Å². The summed E-state index contributed by atoms with van der Waals surface area (Å²) in [5.74, 6) is -2.40. The number of carboxylic acid groups (broad SMARTS) is 1. The van der Waals surface area contributed by atoms with E-state index in [1.54, 1.807) is 0 Å². The Bertz CT molecular complexity index is 758. The predicted octanol–water partition coefficient (Wildman–Crippen LogP) is -0.281. The molecule has 0 saturated heterocycles. The number of fused-ring (bicyclic) bond motifs is 1. The van der Waals surface area contributed by atoms with Crippen LogP contribution in [0.15, 0.2) is 23.1 Å². The van der Waals surface area contributed by atoms with Gasteiger partial charge in [0.2, 0.25) is 21.8 Å². The van der Waals surface area contributed by atoms with E-state index in [4.69, 9.17) is 5.11 Å². The molecule has 1 aromatic carbocycles. The summed E-state index contributed by atoms with van der Waals surface area (Å²) in [6.07, 6.45) is -0.370. The van der Waals surface area contributed by atoms with Gasteiger partial charge in [0, 0.05) is 0 Å². The van der Waals surface area contributed by atoms with Crippen LogP contribution in [-0.4, -0.2) is 37.3 Å². The van der Waals surface area contributed by atoms with Crippen molar-refractivity contribution in [2.75, 3.05) is 10.6 Å². The summed E-state index contributed by atoms with van der Waals surface area (Å²) in [7, 11) is -4.08. The number of carboxylic acids is 1. The summed E-state index contributed by atoms with van der Waals surface area (Å²) in [4.78, 5) is 33.4. The fraction of sp³-hybridized carbons (Fsp3) is 0.250. The Balaban J connectivity index is 2.37. The lowest BCUT2D eigenvalue weighted by molar-refractivity contribution is -0.138. The quantitative estimate of drug-likeness (QED) is 0.560. The Morgan fingerprint density at radius 1 is 1.23 bits per heavy atom. The molecule has 0 fully saturated rings. The van der Waals surface area contributed by atoms with Gasteiger partial charge in [-0.1, -0.05) is 0 Å². The van der Waals surface area contributed by atoms with E-state index in [1.807, 2.05) is 4.72 Å². The summed E-state index contributed by atoms with van der Waals surface area (Å²) in [6, 6.07) is 2.36. The molecule has 10 heteroatoms. The zero-order chi connectivity index (χ0) is 16.5. The molecule has 22 heavy (non-hydrogen) atoms. The lowest BCUT2D eigenvalue weighted by atomic mass is 10.2. The maximum atomic E-state index is 12.1. The first-order valence-corrected chi connectivity index (χ1v) is 7.66. The van der Waals surface area contributed by atoms with E-state index >= 15 is 0 Å². The smallest absolute Gasteiger partial charge is 0.321 e. The van der Waals surface area contributed by atoms with Gasteiger partial charge in [-0.2, -0.15) is 4.72 Å². The standard InChI is InChI=1S/C12H13N3O6S/c1-6(12(18)19)15-22(20,21)7-2-3-8-9(4-7)14-11(17)5-10(16)13-8/h2-4,6,15H,5H2,1H3,(H,13,16)(H,14,17)(H,18,19). The molecule has 1 atom stereocenters. The van der Waals surface area contributed by atoms with Crippen LogP contribution in [0.3, 0.4) is 0 Å². The number of hydrogen-bond donors (Lipinski definition) is 4. The Labute approximate surface area is 125 Å². The normalized spacial score (nSPS) is 16.0. The van der Waals surface area contributed by atoms with Gasteiger partial charge in [0.15, 0.2) is 0 Å². The molecule has 1 aromatic rings. The number of nitrogens with one attached hydrogen (secondary N) is 3. The molecule has 0 aliphatic carbocycles. The van der Waals surface area contributed by atoms with Crippen molar-refractivity contribution in [2.24, 2.45) is 0 Å². The number of anilines is 2. The minimum Gasteiger partial charge on any atom is -0.480 e. The third kappa shape index (κ3) is 3.40. The largest absolute Gasteiger partial charge is 0.480 e. The van der Waals surface area contributed by atoms with Crippen molar-refractivity contribution < 1.29 is 27.9 Å². The number of hydrogen-bond acceptors (Lipinski definition) is 5. The van der Waals surface area contributed by atoms with Crippen LogP contribution < -0.4 is 15.4 Å². The van der Waals surface area contributed by atoms with Crippen molar-refractivity contribution in [2.45, 2.75) is 24.3 Å². The molecule has 0 saturated carbocycles. The highest BCUT2D eigenvalue weighted by Crippen LogP contribution is 2.27. The number of sulfonamides is 1. The Hall–Kier alpha value is -2.46. The molecule has 1 heterocycles. The first-order valence-electron chi connectivity index (χ1n) is 6.18. The van der Waals surface area contributed by atoms with Gasteiger partial charge in [-0.25, -0.2) is 8.42 Å². The van der Waals surface area contributed by atoms with Crippen LogP contribution in [0.5, 0.6) is 0 Å². The van der Waals surface area contributed by atoms with Crippen molar-refractivity contribution >= 4 is 39.2 Å². The highest BCUT2D eigenvalue weighted by molar-refractivity contribution is 7.89. The third-order valence-corrected chi connectivity index (χ3v) is 4.41. The van der Waals surface area contributed by atoms with E-state index in [9.17, 15) is 22.8 Å². The third-order valence-electron chi connectivity index (χ3n) is 2.87. The first kappa shape index (κ1) is 15.9. The maximum Gasteiger partial charge on any atom is 0.321 e. The maximum absolute atomic E-state index is 12.1. The molecule has 118 valence electrons. The SMILES string of the molecule is CC(NS(=O)(=O)c1ccc2c(c1)NC(=O)CC(=O)N2)C(=O)O. The van der Waals surface area contributed by atoms with Gasteiger partial charge in [0.05, 0.1) is 16.3 Å². The number of rotatable bonds is 4. The number of aliphatic carboxylic acids is 1. The van der Waals surface area contributed by atoms with Gasteiger partial charge in [-0.15, -0.1) is 0 Å². The van der Waals surface area contributed by atoms with Gasteiger partial charge in [0.1, 0.15) is 12.5 Å². The van der Waals surface area contributed by atoms with Crippen LogP contribution in [0, 0.1) is 0 Å². The van der Waals surface area contributed by atoms with E-state index in [-0.39, 0.29) is 22.7 Å². The highest BCUT2D eigenvalue weighted by Gasteiger charge is 2.24. The molecule has 1 aliphatic rings. The van der Waals surface area contributed by atoms with Gasteiger partial charge >= 0.3 is 5.97 Å². The predicted molar refractivity (Wildman–Crippen MR) is 75.7 cm³/mol. The minimum atomic E-state index is -4.08. The number of carbonyl (C=O) groups excluding carboxylic acids is 2. The molecule has 2 amide bonds. The lowest BCUT2D eigenvalue weighted by Gasteiger charge is -2.13. The molecule has 0 radical (unpaired) electrons. The lowest BCUT2D eigenvalue weighted by Crippen LogP contribution is -2.38. The van der Waals surface area contributed by atoms with E-state index in [0.717, 1.165) is 6.07 Å². The van der Waals surface area contributed by atoms with Crippen LogP contribution in [0.4, 0.5) is 11.4 Å².